The lowest BCUT2D eigenvalue weighted by molar-refractivity contribution is -0.121. The number of carbonyl (C=O) groups excluding carboxylic acids is 2. The van der Waals surface area contributed by atoms with Gasteiger partial charge in [-0.05, 0) is 12.1 Å². The summed E-state index contributed by atoms with van der Waals surface area (Å²) in [5.41, 5.74) is 5.73. The van der Waals surface area contributed by atoms with E-state index >= 15 is 0 Å². The normalized spacial score (nSPS) is 20.7. The Hall–Kier alpha value is -2.41. The number of nitrogens with two attached hydrogens (primary N) is 1. The topological polar surface area (TPSA) is 89.4 Å². The van der Waals surface area contributed by atoms with Crippen molar-refractivity contribution in [2.75, 3.05) is 6.54 Å². The number of likely N-dealkylation sites (tertiary alicyclic amines) is 1. The molecule has 1 aromatic carbocycles. The first kappa shape index (κ1) is 15.5. The van der Waals surface area contributed by atoms with E-state index in [0.29, 0.717) is 10.6 Å². The molecule has 0 aliphatic carbocycles. The van der Waals surface area contributed by atoms with E-state index in [1.807, 2.05) is 0 Å². The number of aromatic nitrogens is 1. The highest BCUT2D eigenvalue weighted by atomic mass is 35.5. The highest BCUT2D eigenvalue weighted by molar-refractivity contribution is 6.33. The molecule has 0 saturated carbocycles. The number of halogens is 2. The Balaban J connectivity index is 1.87. The molecule has 2 amide bonds. The number of carbonyl (C=O) groups is 2. The van der Waals surface area contributed by atoms with E-state index in [4.69, 9.17) is 21.8 Å². The van der Waals surface area contributed by atoms with Gasteiger partial charge in [0.15, 0.2) is 5.69 Å². The second kappa shape index (κ2) is 6.00. The lowest BCUT2D eigenvalue weighted by atomic mass is 10.2. The zero-order valence-corrected chi connectivity index (χ0v) is 12.7. The molecule has 23 heavy (non-hydrogen) atoms. The van der Waals surface area contributed by atoms with Crippen molar-refractivity contribution in [1.29, 1.82) is 0 Å². The summed E-state index contributed by atoms with van der Waals surface area (Å²) in [6, 6.07) is 5.90. The van der Waals surface area contributed by atoms with Gasteiger partial charge in [0.2, 0.25) is 11.8 Å². The number of amides is 2. The van der Waals surface area contributed by atoms with Crippen LogP contribution in [0.4, 0.5) is 4.39 Å². The number of rotatable bonds is 3. The largest absolute Gasteiger partial charge is 0.444 e. The molecule has 0 unspecified atom stereocenters. The van der Waals surface area contributed by atoms with Gasteiger partial charge in [0, 0.05) is 6.42 Å². The number of hydrogen-bond acceptors (Lipinski definition) is 4. The molecule has 1 fully saturated rings. The summed E-state index contributed by atoms with van der Waals surface area (Å²) in [5.74, 6) is -1.17. The molecule has 2 heterocycles. The van der Waals surface area contributed by atoms with Crippen LogP contribution in [0.5, 0.6) is 0 Å². The molecule has 2 N–H and O–H groups in total. The van der Waals surface area contributed by atoms with Crippen molar-refractivity contribution in [3.63, 3.8) is 0 Å². The van der Waals surface area contributed by atoms with Gasteiger partial charge in [-0.2, -0.15) is 0 Å². The van der Waals surface area contributed by atoms with E-state index in [9.17, 15) is 14.0 Å². The standard InChI is InChI=1S/C15H13ClFN3O3/c16-10-4-2-1-3-9(10)14-19-11(7-23-14)15(22)20-6-8(17)5-12(20)13(18)21/h1-4,7-8,12H,5-6H2,(H2,18,21)/t8-,12+/m1/s1. The number of hydrogen-bond donors (Lipinski definition) is 1. The van der Waals surface area contributed by atoms with Gasteiger partial charge in [0.1, 0.15) is 18.5 Å². The Bertz CT molecular complexity index is 764. The van der Waals surface area contributed by atoms with Crippen molar-refractivity contribution in [2.24, 2.45) is 5.73 Å². The Kier molecular flexibility index (Phi) is 4.04. The van der Waals surface area contributed by atoms with Gasteiger partial charge in [0.25, 0.3) is 5.91 Å². The average molecular weight is 338 g/mol. The molecule has 1 aliphatic rings. The predicted octanol–water partition coefficient (Wildman–Crippen LogP) is 2.03. The zero-order valence-electron chi connectivity index (χ0n) is 11.9. The first-order valence-electron chi connectivity index (χ1n) is 6.92. The first-order chi connectivity index (χ1) is 11.0. The summed E-state index contributed by atoms with van der Waals surface area (Å²) in [5, 5.41) is 0.424. The van der Waals surface area contributed by atoms with Crippen molar-refractivity contribution in [3.8, 4) is 11.5 Å². The van der Waals surface area contributed by atoms with Crippen molar-refractivity contribution in [2.45, 2.75) is 18.6 Å². The average Bonchev–Trinajstić information content (AvgIpc) is 3.14. The van der Waals surface area contributed by atoms with Crippen LogP contribution in [0, 0.1) is 0 Å². The molecule has 1 aliphatic heterocycles. The molecule has 0 radical (unpaired) electrons. The summed E-state index contributed by atoms with van der Waals surface area (Å²) in [7, 11) is 0. The van der Waals surface area contributed by atoms with Crippen LogP contribution in [0.1, 0.15) is 16.9 Å². The third kappa shape index (κ3) is 2.92. The maximum Gasteiger partial charge on any atom is 0.276 e. The molecule has 2 atom stereocenters. The number of primary amides is 1. The van der Waals surface area contributed by atoms with Gasteiger partial charge in [-0.3, -0.25) is 9.59 Å². The van der Waals surface area contributed by atoms with Crippen LogP contribution >= 0.6 is 11.6 Å². The van der Waals surface area contributed by atoms with Crippen LogP contribution in [-0.4, -0.2) is 40.5 Å². The maximum absolute atomic E-state index is 13.5. The molecular weight excluding hydrogens is 325 g/mol. The Morgan fingerprint density at radius 1 is 1.39 bits per heavy atom. The quantitative estimate of drug-likeness (QED) is 0.928. The molecule has 6 nitrogen and oxygen atoms in total. The second-order valence-corrected chi connectivity index (χ2v) is 5.63. The summed E-state index contributed by atoms with van der Waals surface area (Å²) < 4.78 is 18.8. The smallest absolute Gasteiger partial charge is 0.276 e. The molecule has 8 heteroatoms. The Labute approximate surface area is 136 Å². The van der Waals surface area contributed by atoms with Gasteiger partial charge in [0.05, 0.1) is 17.1 Å². The molecule has 1 aromatic heterocycles. The van der Waals surface area contributed by atoms with Crippen molar-refractivity contribution in [3.05, 3.63) is 41.2 Å². The van der Waals surface area contributed by atoms with E-state index in [0.717, 1.165) is 11.2 Å². The maximum atomic E-state index is 13.5. The summed E-state index contributed by atoms with van der Waals surface area (Å²) in [6.45, 7) is -0.194. The predicted molar refractivity (Wildman–Crippen MR) is 80.5 cm³/mol. The number of benzene rings is 1. The monoisotopic (exact) mass is 337 g/mol. The Morgan fingerprint density at radius 2 is 2.13 bits per heavy atom. The van der Waals surface area contributed by atoms with E-state index in [1.54, 1.807) is 24.3 Å². The molecule has 3 rings (SSSR count). The van der Waals surface area contributed by atoms with Crippen molar-refractivity contribution in [1.82, 2.24) is 9.88 Å². The van der Waals surface area contributed by atoms with E-state index < -0.39 is 24.0 Å². The third-order valence-corrected chi connectivity index (χ3v) is 4.00. The van der Waals surface area contributed by atoms with Crippen LogP contribution in [-0.2, 0) is 4.79 Å². The van der Waals surface area contributed by atoms with Crippen molar-refractivity contribution >= 4 is 23.4 Å². The molecule has 120 valence electrons. The van der Waals surface area contributed by atoms with Crippen molar-refractivity contribution < 1.29 is 18.4 Å². The highest BCUT2D eigenvalue weighted by Crippen LogP contribution is 2.28. The summed E-state index contributed by atoms with van der Waals surface area (Å²) >= 11 is 6.05. The van der Waals surface area contributed by atoms with Gasteiger partial charge in [-0.15, -0.1) is 0 Å². The molecule has 0 spiro atoms. The summed E-state index contributed by atoms with van der Waals surface area (Å²) in [4.78, 5) is 29.0. The first-order valence-corrected chi connectivity index (χ1v) is 7.30. The van der Waals surface area contributed by atoms with Crippen LogP contribution in [0.15, 0.2) is 34.9 Å². The zero-order chi connectivity index (χ0) is 16.6. The van der Waals surface area contributed by atoms with Crippen LogP contribution < -0.4 is 5.73 Å². The van der Waals surface area contributed by atoms with E-state index in [2.05, 4.69) is 4.98 Å². The lowest BCUT2D eigenvalue weighted by Gasteiger charge is -2.20. The van der Waals surface area contributed by atoms with Crippen LogP contribution in [0.25, 0.3) is 11.5 Å². The lowest BCUT2D eigenvalue weighted by Crippen LogP contribution is -2.43. The minimum Gasteiger partial charge on any atom is -0.444 e. The molecule has 1 saturated heterocycles. The third-order valence-electron chi connectivity index (χ3n) is 3.67. The molecule has 2 aromatic rings. The highest BCUT2D eigenvalue weighted by Gasteiger charge is 2.40. The minimum absolute atomic E-state index is 0.0275. The fraction of sp³-hybridized carbons (Fsp3) is 0.267. The van der Waals surface area contributed by atoms with Gasteiger partial charge < -0.3 is 15.1 Å². The van der Waals surface area contributed by atoms with Gasteiger partial charge in [-0.1, -0.05) is 23.7 Å². The van der Waals surface area contributed by atoms with Gasteiger partial charge in [-0.25, -0.2) is 9.37 Å². The number of alkyl halides is 1. The van der Waals surface area contributed by atoms with E-state index in [1.165, 1.54) is 0 Å². The van der Waals surface area contributed by atoms with E-state index in [-0.39, 0.29) is 24.6 Å². The number of oxazole rings is 1. The molecular formula is C15H13ClFN3O3. The van der Waals surface area contributed by atoms with Gasteiger partial charge >= 0.3 is 0 Å². The van der Waals surface area contributed by atoms with Crippen LogP contribution in [0.3, 0.4) is 0 Å². The van der Waals surface area contributed by atoms with Crippen LogP contribution in [0.2, 0.25) is 5.02 Å². The fourth-order valence-corrected chi connectivity index (χ4v) is 2.77. The SMILES string of the molecule is NC(=O)[C@@H]1C[C@@H](F)CN1C(=O)c1coc(-c2ccccc2Cl)n1. The Morgan fingerprint density at radius 3 is 2.83 bits per heavy atom. The number of nitrogens with zero attached hydrogens (tertiary/aromatic N) is 2. The second-order valence-electron chi connectivity index (χ2n) is 5.23. The molecule has 0 bridgehead atoms. The fourth-order valence-electron chi connectivity index (χ4n) is 2.56. The summed E-state index contributed by atoms with van der Waals surface area (Å²) in [6.07, 6.45) is -0.229. The minimum atomic E-state index is -1.29.